The third kappa shape index (κ3) is 2.72. The van der Waals surface area contributed by atoms with E-state index in [9.17, 15) is 0 Å². The lowest BCUT2D eigenvalue weighted by atomic mass is 10.2. The van der Waals surface area contributed by atoms with Crippen LogP contribution < -0.4 is 16.0 Å². The Morgan fingerprint density at radius 3 is 2.81 bits per heavy atom. The molecule has 6 heteroatoms. The zero-order chi connectivity index (χ0) is 12.0. The number of methoxy groups -OCH3 is 2. The van der Waals surface area contributed by atoms with Crippen LogP contribution in [0, 0.1) is 0 Å². The fourth-order valence-electron chi connectivity index (χ4n) is 1.65. The highest BCUT2D eigenvalue weighted by molar-refractivity contribution is 5.28. The highest BCUT2D eigenvalue weighted by Crippen LogP contribution is 2.24. The van der Waals surface area contributed by atoms with Crippen LogP contribution in [-0.2, 0) is 11.3 Å². The Hall–Kier alpha value is -1.11. The van der Waals surface area contributed by atoms with Crippen molar-refractivity contribution >= 4 is 0 Å². The van der Waals surface area contributed by atoms with E-state index in [4.69, 9.17) is 15.3 Å². The van der Waals surface area contributed by atoms with Gasteiger partial charge in [-0.15, -0.1) is 0 Å². The van der Waals surface area contributed by atoms with Crippen LogP contribution in [0.1, 0.15) is 25.1 Å². The molecule has 1 aromatic rings. The number of hydrazine groups is 1. The highest BCUT2D eigenvalue weighted by atomic mass is 16.5. The number of aromatic nitrogens is 2. The normalized spacial score (nSPS) is 12.8. The maximum Gasteiger partial charge on any atom is 0.161 e. The summed E-state index contributed by atoms with van der Waals surface area (Å²) in [5.74, 6) is 6.24. The zero-order valence-electron chi connectivity index (χ0n) is 10.1. The molecule has 0 radical (unpaired) electrons. The molecule has 1 aromatic heterocycles. The van der Waals surface area contributed by atoms with Crippen LogP contribution >= 0.6 is 0 Å². The number of nitrogens with one attached hydrogen (secondary N) is 1. The Morgan fingerprint density at radius 2 is 2.31 bits per heavy atom. The van der Waals surface area contributed by atoms with Gasteiger partial charge in [0.15, 0.2) is 5.75 Å². The molecule has 0 spiro atoms. The summed E-state index contributed by atoms with van der Waals surface area (Å²) < 4.78 is 12.3. The molecule has 1 heterocycles. The van der Waals surface area contributed by atoms with Gasteiger partial charge in [0.1, 0.15) is 5.69 Å². The van der Waals surface area contributed by atoms with E-state index < -0.39 is 0 Å². The number of rotatable bonds is 7. The third-order valence-electron chi connectivity index (χ3n) is 2.36. The summed E-state index contributed by atoms with van der Waals surface area (Å²) in [4.78, 5) is 0. The van der Waals surface area contributed by atoms with Crippen molar-refractivity contribution in [1.82, 2.24) is 15.2 Å². The molecular weight excluding hydrogens is 208 g/mol. The SMILES string of the molecule is CCCn1ncc(OC)c1C(COC)NN. The minimum atomic E-state index is -0.117. The van der Waals surface area contributed by atoms with Crippen molar-refractivity contribution < 1.29 is 9.47 Å². The van der Waals surface area contributed by atoms with Crippen LogP contribution in [0.4, 0.5) is 0 Å². The van der Waals surface area contributed by atoms with E-state index in [1.165, 1.54) is 0 Å². The van der Waals surface area contributed by atoms with Crippen LogP contribution in [0.5, 0.6) is 5.75 Å². The summed E-state index contributed by atoms with van der Waals surface area (Å²) in [7, 11) is 3.26. The van der Waals surface area contributed by atoms with Crippen LogP contribution in [0.25, 0.3) is 0 Å². The first kappa shape index (κ1) is 13.0. The quantitative estimate of drug-likeness (QED) is 0.523. The van der Waals surface area contributed by atoms with Gasteiger partial charge in [0, 0.05) is 13.7 Å². The molecule has 0 aliphatic carbocycles. The average Bonchev–Trinajstić information content (AvgIpc) is 2.69. The second-order valence-electron chi connectivity index (χ2n) is 3.50. The van der Waals surface area contributed by atoms with Gasteiger partial charge in [-0.3, -0.25) is 10.5 Å². The van der Waals surface area contributed by atoms with Crippen molar-refractivity contribution in [3.8, 4) is 5.75 Å². The van der Waals surface area contributed by atoms with E-state index >= 15 is 0 Å². The minimum Gasteiger partial charge on any atom is -0.493 e. The monoisotopic (exact) mass is 228 g/mol. The lowest BCUT2D eigenvalue weighted by Crippen LogP contribution is -2.33. The van der Waals surface area contributed by atoms with Crippen molar-refractivity contribution in [2.75, 3.05) is 20.8 Å². The topological polar surface area (TPSA) is 74.3 Å². The predicted molar refractivity (Wildman–Crippen MR) is 61.0 cm³/mol. The van der Waals surface area contributed by atoms with Gasteiger partial charge in [-0.1, -0.05) is 6.92 Å². The largest absolute Gasteiger partial charge is 0.493 e. The number of nitrogens with two attached hydrogens (primary N) is 1. The van der Waals surface area contributed by atoms with Gasteiger partial charge in [0.25, 0.3) is 0 Å². The minimum absolute atomic E-state index is 0.117. The van der Waals surface area contributed by atoms with E-state index in [2.05, 4.69) is 17.4 Å². The smallest absolute Gasteiger partial charge is 0.161 e. The number of aryl methyl sites for hydroxylation is 1. The van der Waals surface area contributed by atoms with Crippen molar-refractivity contribution in [2.24, 2.45) is 5.84 Å². The fraction of sp³-hybridized carbons (Fsp3) is 0.700. The van der Waals surface area contributed by atoms with E-state index in [1.807, 2.05) is 4.68 Å². The van der Waals surface area contributed by atoms with E-state index in [1.54, 1.807) is 20.4 Å². The van der Waals surface area contributed by atoms with Crippen molar-refractivity contribution in [1.29, 1.82) is 0 Å². The summed E-state index contributed by atoms with van der Waals surface area (Å²) >= 11 is 0. The van der Waals surface area contributed by atoms with Crippen LogP contribution in [0.3, 0.4) is 0 Å². The summed E-state index contributed by atoms with van der Waals surface area (Å²) in [5.41, 5.74) is 3.64. The predicted octanol–water partition coefficient (Wildman–Crippen LogP) is 0.453. The Bertz CT molecular complexity index is 314. The molecule has 0 aromatic carbocycles. The van der Waals surface area contributed by atoms with Gasteiger partial charge in [0.2, 0.25) is 0 Å². The van der Waals surface area contributed by atoms with Gasteiger partial charge in [-0.2, -0.15) is 5.10 Å². The lowest BCUT2D eigenvalue weighted by Gasteiger charge is -2.17. The molecule has 3 N–H and O–H groups in total. The lowest BCUT2D eigenvalue weighted by molar-refractivity contribution is 0.162. The van der Waals surface area contributed by atoms with Crippen molar-refractivity contribution in [3.05, 3.63) is 11.9 Å². The number of nitrogens with zero attached hydrogens (tertiary/aromatic N) is 2. The summed E-state index contributed by atoms with van der Waals surface area (Å²) in [6, 6.07) is -0.117. The first-order valence-corrected chi connectivity index (χ1v) is 5.33. The Kier molecular flexibility index (Phi) is 5.24. The van der Waals surface area contributed by atoms with Crippen molar-refractivity contribution in [3.63, 3.8) is 0 Å². The molecule has 0 aliphatic heterocycles. The molecular formula is C10H20N4O2. The van der Waals surface area contributed by atoms with E-state index in [0.717, 1.165) is 24.4 Å². The summed E-state index contributed by atoms with van der Waals surface area (Å²) in [5, 5.41) is 4.27. The molecule has 0 amide bonds. The molecule has 0 fully saturated rings. The number of hydrogen-bond acceptors (Lipinski definition) is 5. The average molecular weight is 228 g/mol. The second-order valence-corrected chi connectivity index (χ2v) is 3.50. The standard InChI is InChI=1S/C10H20N4O2/c1-4-5-14-10(8(13-11)7-15-2)9(16-3)6-12-14/h6,8,13H,4-5,7,11H2,1-3H3. The van der Waals surface area contributed by atoms with Gasteiger partial charge in [-0.25, -0.2) is 5.43 Å². The van der Waals surface area contributed by atoms with Crippen LogP contribution in [0.15, 0.2) is 6.20 Å². The van der Waals surface area contributed by atoms with Crippen LogP contribution in [0.2, 0.25) is 0 Å². The molecule has 0 saturated carbocycles. The fourth-order valence-corrected chi connectivity index (χ4v) is 1.65. The highest BCUT2D eigenvalue weighted by Gasteiger charge is 2.20. The maximum atomic E-state index is 5.51. The molecule has 0 saturated heterocycles. The first-order chi connectivity index (χ1) is 7.78. The summed E-state index contributed by atoms with van der Waals surface area (Å²) in [6.45, 7) is 3.40. The molecule has 16 heavy (non-hydrogen) atoms. The Labute approximate surface area is 95.7 Å². The zero-order valence-corrected chi connectivity index (χ0v) is 10.1. The third-order valence-corrected chi connectivity index (χ3v) is 2.36. The molecule has 0 aliphatic rings. The Morgan fingerprint density at radius 1 is 1.56 bits per heavy atom. The van der Waals surface area contributed by atoms with Crippen LogP contribution in [-0.4, -0.2) is 30.6 Å². The molecule has 0 bridgehead atoms. The van der Waals surface area contributed by atoms with Gasteiger partial charge < -0.3 is 9.47 Å². The second kappa shape index (κ2) is 6.47. The van der Waals surface area contributed by atoms with Gasteiger partial charge in [0.05, 0.1) is 26.0 Å². The number of hydrogen-bond donors (Lipinski definition) is 2. The molecule has 1 rings (SSSR count). The van der Waals surface area contributed by atoms with Crippen molar-refractivity contribution in [2.45, 2.75) is 25.9 Å². The maximum absolute atomic E-state index is 5.51. The molecule has 6 nitrogen and oxygen atoms in total. The van der Waals surface area contributed by atoms with E-state index in [0.29, 0.717) is 6.61 Å². The molecule has 1 atom stereocenters. The molecule has 1 unspecified atom stereocenters. The number of ether oxygens (including phenoxy) is 2. The van der Waals surface area contributed by atoms with Gasteiger partial charge >= 0.3 is 0 Å². The van der Waals surface area contributed by atoms with E-state index in [-0.39, 0.29) is 6.04 Å². The van der Waals surface area contributed by atoms with Gasteiger partial charge in [-0.05, 0) is 6.42 Å². The molecule has 92 valence electrons. The Balaban J connectivity index is 2.99. The first-order valence-electron chi connectivity index (χ1n) is 5.33. The summed E-state index contributed by atoms with van der Waals surface area (Å²) in [6.07, 6.45) is 2.70.